The molecule has 0 saturated heterocycles. The van der Waals surface area contributed by atoms with E-state index in [9.17, 15) is 13.2 Å². The van der Waals surface area contributed by atoms with Gasteiger partial charge in [-0.25, -0.2) is 8.42 Å². The van der Waals surface area contributed by atoms with Gasteiger partial charge < -0.3 is 4.74 Å². The van der Waals surface area contributed by atoms with E-state index in [4.69, 9.17) is 0 Å². The van der Waals surface area contributed by atoms with Crippen molar-refractivity contribution in [2.45, 2.75) is 13.0 Å². The zero-order valence-corrected chi connectivity index (χ0v) is 6.80. The number of rotatable bonds is 1. The molecule has 0 aromatic carbocycles. The second kappa shape index (κ2) is 2.65. The number of carbonyl (C=O) groups is 1. The van der Waals surface area contributed by atoms with Crippen LogP contribution in [0.3, 0.4) is 0 Å². The Labute approximate surface area is 64.8 Å². The van der Waals surface area contributed by atoms with E-state index in [2.05, 4.69) is 4.74 Å². The molecule has 11 heavy (non-hydrogen) atoms. The average molecular weight is 176 g/mol. The second-order valence-electron chi connectivity index (χ2n) is 2.31. The Morgan fingerprint density at radius 3 is 2.64 bits per heavy atom. The van der Waals surface area contributed by atoms with Gasteiger partial charge in [-0.3, -0.25) is 4.79 Å². The van der Waals surface area contributed by atoms with Crippen LogP contribution in [0.5, 0.6) is 0 Å². The number of hydrogen-bond acceptors (Lipinski definition) is 4. The van der Waals surface area contributed by atoms with E-state index in [1.165, 1.54) is 13.0 Å². The topological polar surface area (TPSA) is 60.4 Å². The van der Waals surface area contributed by atoms with Gasteiger partial charge in [0.15, 0.2) is 9.84 Å². The molecule has 0 aromatic heterocycles. The highest BCUT2D eigenvalue weighted by Crippen LogP contribution is 2.10. The van der Waals surface area contributed by atoms with Crippen LogP contribution in [0.15, 0.2) is 11.5 Å². The Kier molecular flexibility index (Phi) is 1.99. The lowest BCUT2D eigenvalue weighted by Crippen LogP contribution is -2.17. The molecule has 0 unspecified atom stereocenters. The van der Waals surface area contributed by atoms with Gasteiger partial charge in [-0.2, -0.15) is 0 Å². The van der Waals surface area contributed by atoms with Gasteiger partial charge in [0.1, 0.15) is 6.10 Å². The molecular weight excluding hydrogens is 168 g/mol. The van der Waals surface area contributed by atoms with Crippen LogP contribution in [0, 0.1) is 0 Å². The van der Waals surface area contributed by atoms with Crippen LogP contribution in [0.2, 0.25) is 0 Å². The molecule has 0 spiro atoms. The number of esters is 1. The molecule has 0 aromatic rings. The highest BCUT2D eigenvalue weighted by molar-refractivity contribution is 7.94. The lowest BCUT2D eigenvalue weighted by Gasteiger charge is -2.05. The summed E-state index contributed by atoms with van der Waals surface area (Å²) in [6, 6.07) is 0. The van der Waals surface area contributed by atoms with Gasteiger partial charge in [-0.05, 0) is 6.08 Å². The fourth-order valence-corrected chi connectivity index (χ4v) is 2.00. The minimum Gasteiger partial charge on any atom is -0.457 e. The van der Waals surface area contributed by atoms with E-state index in [1.54, 1.807) is 0 Å². The number of sulfone groups is 1. The molecule has 0 fully saturated rings. The van der Waals surface area contributed by atoms with E-state index in [1.807, 2.05) is 0 Å². The monoisotopic (exact) mass is 176 g/mol. The van der Waals surface area contributed by atoms with Crippen molar-refractivity contribution >= 4 is 15.8 Å². The molecular formula is C6H8O4S. The Morgan fingerprint density at radius 1 is 1.64 bits per heavy atom. The van der Waals surface area contributed by atoms with Crippen molar-refractivity contribution in [1.82, 2.24) is 0 Å². The summed E-state index contributed by atoms with van der Waals surface area (Å²) >= 11 is 0. The summed E-state index contributed by atoms with van der Waals surface area (Å²) in [5.41, 5.74) is 0. The maximum atomic E-state index is 10.7. The molecule has 1 aliphatic heterocycles. The first kappa shape index (κ1) is 8.26. The van der Waals surface area contributed by atoms with Gasteiger partial charge in [0.2, 0.25) is 0 Å². The van der Waals surface area contributed by atoms with E-state index in [0.29, 0.717) is 0 Å². The highest BCUT2D eigenvalue weighted by Gasteiger charge is 2.23. The quantitative estimate of drug-likeness (QED) is 0.522. The summed E-state index contributed by atoms with van der Waals surface area (Å²) in [7, 11) is -3.10. The number of ether oxygens (including phenoxy) is 1. The predicted molar refractivity (Wildman–Crippen MR) is 38.5 cm³/mol. The van der Waals surface area contributed by atoms with Crippen LogP contribution in [0.25, 0.3) is 0 Å². The Balaban J connectivity index is 2.58. The van der Waals surface area contributed by atoms with Crippen molar-refractivity contribution in [2.24, 2.45) is 0 Å². The van der Waals surface area contributed by atoms with E-state index in [-0.39, 0.29) is 5.75 Å². The van der Waals surface area contributed by atoms with Crippen molar-refractivity contribution in [3.8, 4) is 0 Å². The van der Waals surface area contributed by atoms with Crippen molar-refractivity contribution in [3.05, 3.63) is 11.5 Å². The maximum absolute atomic E-state index is 10.7. The molecule has 1 atom stereocenters. The van der Waals surface area contributed by atoms with Crippen molar-refractivity contribution < 1.29 is 17.9 Å². The van der Waals surface area contributed by atoms with E-state index < -0.39 is 21.9 Å². The Morgan fingerprint density at radius 2 is 2.27 bits per heavy atom. The minimum atomic E-state index is -3.10. The van der Waals surface area contributed by atoms with Gasteiger partial charge >= 0.3 is 5.97 Å². The lowest BCUT2D eigenvalue weighted by atomic mass is 10.4. The molecule has 1 heterocycles. The first-order valence-corrected chi connectivity index (χ1v) is 4.79. The number of carbonyl (C=O) groups excluding carboxylic acids is 1. The predicted octanol–water partition coefficient (Wildman–Crippen LogP) is -0.140. The molecule has 0 saturated carbocycles. The minimum absolute atomic E-state index is 0.118. The summed E-state index contributed by atoms with van der Waals surface area (Å²) in [5, 5.41) is 1.07. The SMILES string of the molecule is CC(=O)O[C@H]1C=CS(=O)(=O)C1. The average Bonchev–Trinajstić information content (AvgIpc) is 2.08. The molecule has 0 radical (unpaired) electrons. The van der Waals surface area contributed by atoms with Crippen LogP contribution >= 0.6 is 0 Å². The van der Waals surface area contributed by atoms with Crippen LogP contribution in [-0.4, -0.2) is 26.2 Å². The zero-order valence-electron chi connectivity index (χ0n) is 5.98. The summed E-state index contributed by atoms with van der Waals surface area (Å²) in [5.74, 6) is -0.580. The maximum Gasteiger partial charge on any atom is 0.303 e. The van der Waals surface area contributed by atoms with Gasteiger partial charge in [-0.1, -0.05) is 0 Å². The largest absolute Gasteiger partial charge is 0.457 e. The third-order valence-electron chi connectivity index (χ3n) is 1.21. The van der Waals surface area contributed by atoms with Crippen LogP contribution in [-0.2, 0) is 19.4 Å². The van der Waals surface area contributed by atoms with E-state index >= 15 is 0 Å². The molecule has 1 aliphatic rings. The molecule has 1 rings (SSSR count). The van der Waals surface area contributed by atoms with Crippen molar-refractivity contribution in [1.29, 1.82) is 0 Å². The second-order valence-corrected chi connectivity index (χ2v) is 4.24. The van der Waals surface area contributed by atoms with Crippen molar-refractivity contribution in [3.63, 3.8) is 0 Å². The van der Waals surface area contributed by atoms with Gasteiger partial charge in [0, 0.05) is 12.3 Å². The Bertz CT molecular complexity index is 288. The fraction of sp³-hybridized carbons (Fsp3) is 0.500. The van der Waals surface area contributed by atoms with Crippen LogP contribution in [0.4, 0.5) is 0 Å². The normalized spacial score (nSPS) is 26.8. The summed E-state index contributed by atoms with van der Waals surface area (Å²) in [4.78, 5) is 10.4. The third kappa shape index (κ3) is 2.34. The number of hydrogen-bond donors (Lipinski definition) is 0. The third-order valence-corrected chi connectivity index (χ3v) is 2.58. The highest BCUT2D eigenvalue weighted by atomic mass is 32.2. The van der Waals surface area contributed by atoms with Crippen LogP contribution in [0.1, 0.15) is 6.92 Å². The summed E-state index contributed by atoms with van der Waals surface area (Å²) in [6.45, 7) is 1.25. The van der Waals surface area contributed by atoms with Gasteiger partial charge in [0.25, 0.3) is 0 Å². The summed E-state index contributed by atoms with van der Waals surface area (Å²) in [6.07, 6.45) is 0.786. The molecule has 0 bridgehead atoms. The Hall–Kier alpha value is -0.840. The van der Waals surface area contributed by atoms with Crippen LogP contribution < -0.4 is 0 Å². The molecule has 0 N–H and O–H groups in total. The standard InChI is InChI=1S/C6H8O4S/c1-5(7)10-6-2-3-11(8,9)4-6/h2-3,6H,4H2,1H3/t6-/m0/s1. The van der Waals surface area contributed by atoms with Gasteiger partial charge in [0.05, 0.1) is 5.75 Å². The molecule has 4 nitrogen and oxygen atoms in total. The molecule has 5 heteroatoms. The van der Waals surface area contributed by atoms with Crippen molar-refractivity contribution in [2.75, 3.05) is 5.75 Å². The smallest absolute Gasteiger partial charge is 0.303 e. The molecule has 0 aliphatic carbocycles. The summed E-state index contributed by atoms with van der Waals surface area (Å²) < 4.78 is 26.1. The first-order valence-electron chi connectivity index (χ1n) is 3.08. The zero-order chi connectivity index (χ0) is 8.48. The molecule has 0 amide bonds. The molecule has 62 valence electrons. The lowest BCUT2D eigenvalue weighted by molar-refractivity contribution is -0.143. The van der Waals surface area contributed by atoms with E-state index in [0.717, 1.165) is 5.41 Å². The fourth-order valence-electron chi connectivity index (χ4n) is 0.834. The first-order chi connectivity index (χ1) is 4.99. The van der Waals surface area contributed by atoms with Gasteiger partial charge in [-0.15, -0.1) is 0 Å².